The molecule has 0 radical (unpaired) electrons. The summed E-state index contributed by atoms with van der Waals surface area (Å²) in [5.41, 5.74) is -0.276. The Kier molecular flexibility index (Phi) is 3.82. The highest BCUT2D eigenvalue weighted by atomic mass is 19.2. The van der Waals surface area contributed by atoms with Crippen LogP contribution in [-0.2, 0) is 4.79 Å². The molecule has 1 atom stereocenters. The van der Waals surface area contributed by atoms with Gasteiger partial charge in [0, 0.05) is 24.4 Å². The summed E-state index contributed by atoms with van der Waals surface area (Å²) in [6, 6.07) is -0.505. The number of urea groups is 1. The lowest BCUT2D eigenvalue weighted by Crippen LogP contribution is -2.42. The first kappa shape index (κ1) is 14.2. The molecule has 1 heterocycles. The van der Waals surface area contributed by atoms with E-state index in [-0.39, 0.29) is 12.2 Å². The molecule has 0 spiro atoms. The van der Waals surface area contributed by atoms with Crippen LogP contribution in [0.1, 0.15) is 12.8 Å². The fraction of sp³-hybridized carbons (Fsp3) is 0.333. The van der Waals surface area contributed by atoms with Crippen molar-refractivity contribution in [2.45, 2.75) is 18.9 Å². The van der Waals surface area contributed by atoms with E-state index in [0.29, 0.717) is 25.0 Å². The molecule has 0 saturated carbocycles. The van der Waals surface area contributed by atoms with Gasteiger partial charge in [0.2, 0.25) is 0 Å². The van der Waals surface area contributed by atoms with Crippen molar-refractivity contribution in [3.8, 4) is 0 Å². The van der Waals surface area contributed by atoms with E-state index >= 15 is 0 Å². The molecule has 2 rings (SSSR count). The second kappa shape index (κ2) is 5.40. The van der Waals surface area contributed by atoms with Gasteiger partial charge in [0.1, 0.15) is 6.04 Å². The van der Waals surface area contributed by atoms with E-state index in [1.165, 1.54) is 0 Å². The first-order chi connectivity index (χ1) is 9.40. The molecule has 0 aromatic heterocycles. The number of halogens is 3. The van der Waals surface area contributed by atoms with Crippen LogP contribution in [0.4, 0.5) is 23.7 Å². The van der Waals surface area contributed by atoms with Gasteiger partial charge in [-0.05, 0) is 12.8 Å². The summed E-state index contributed by atoms with van der Waals surface area (Å²) in [7, 11) is 0. The molecule has 1 fully saturated rings. The number of aliphatic carboxylic acids is 1. The van der Waals surface area contributed by atoms with Crippen LogP contribution in [0.3, 0.4) is 0 Å². The Bertz CT molecular complexity index is 542. The number of benzene rings is 1. The van der Waals surface area contributed by atoms with Crippen molar-refractivity contribution in [3.63, 3.8) is 0 Å². The Labute approximate surface area is 112 Å². The van der Waals surface area contributed by atoms with Gasteiger partial charge in [-0.3, -0.25) is 0 Å². The molecule has 8 heteroatoms. The number of carbonyl (C=O) groups excluding carboxylic acids is 1. The maximum absolute atomic E-state index is 13.0. The number of carbonyl (C=O) groups is 2. The van der Waals surface area contributed by atoms with E-state index in [1.54, 1.807) is 0 Å². The maximum atomic E-state index is 13.0. The van der Waals surface area contributed by atoms with Gasteiger partial charge in [-0.25, -0.2) is 22.8 Å². The number of likely N-dealkylation sites (tertiary alicyclic amines) is 1. The van der Waals surface area contributed by atoms with Crippen molar-refractivity contribution in [2.75, 3.05) is 11.9 Å². The van der Waals surface area contributed by atoms with Gasteiger partial charge in [-0.15, -0.1) is 0 Å². The minimum absolute atomic E-state index is 0.231. The molecule has 5 nitrogen and oxygen atoms in total. The molecule has 1 aliphatic rings. The fourth-order valence-corrected chi connectivity index (χ4v) is 2.09. The van der Waals surface area contributed by atoms with Crippen LogP contribution in [0.5, 0.6) is 0 Å². The van der Waals surface area contributed by atoms with Crippen LogP contribution in [0.15, 0.2) is 12.1 Å². The molecule has 0 bridgehead atoms. The molecule has 108 valence electrons. The minimum atomic E-state index is -1.63. The number of amides is 2. The lowest BCUT2D eigenvalue weighted by Gasteiger charge is -2.21. The zero-order valence-electron chi connectivity index (χ0n) is 10.2. The van der Waals surface area contributed by atoms with Crippen LogP contribution < -0.4 is 5.32 Å². The number of rotatable bonds is 2. The second-order valence-electron chi connectivity index (χ2n) is 4.37. The minimum Gasteiger partial charge on any atom is -0.480 e. The Balaban J connectivity index is 2.14. The topological polar surface area (TPSA) is 69.6 Å². The molecule has 2 N–H and O–H groups in total. The number of carboxylic acids is 1. The quantitative estimate of drug-likeness (QED) is 0.819. The molecule has 20 heavy (non-hydrogen) atoms. The number of anilines is 1. The number of hydrogen-bond acceptors (Lipinski definition) is 2. The van der Waals surface area contributed by atoms with Crippen LogP contribution in [0, 0.1) is 17.5 Å². The lowest BCUT2D eigenvalue weighted by molar-refractivity contribution is -0.141. The van der Waals surface area contributed by atoms with Crippen molar-refractivity contribution >= 4 is 17.7 Å². The van der Waals surface area contributed by atoms with Crippen molar-refractivity contribution in [3.05, 3.63) is 29.6 Å². The smallest absolute Gasteiger partial charge is 0.326 e. The van der Waals surface area contributed by atoms with E-state index in [1.807, 2.05) is 0 Å². The number of carboxylic acid groups (broad SMARTS) is 1. The van der Waals surface area contributed by atoms with Gasteiger partial charge in [-0.1, -0.05) is 0 Å². The molecule has 1 saturated heterocycles. The zero-order chi connectivity index (χ0) is 14.9. The van der Waals surface area contributed by atoms with Crippen LogP contribution in [-0.4, -0.2) is 34.6 Å². The highest BCUT2D eigenvalue weighted by Gasteiger charge is 2.34. The van der Waals surface area contributed by atoms with E-state index in [2.05, 4.69) is 5.32 Å². The Morgan fingerprint density at radius 2 is 1.85 bits per heavy atom. The Morgan fingerprint density at radius 3 is 2.40 bits per heavy atom. The molecule has 1 aromatic carbocycles. The van der Waals surface area contributed by atoms with Gasteiger partial charge in [0.15, 0.2) is 17.5 Å². The van der Waals surface area contributed by atoms with Crippen molar-refractivity contribution in [1.29, 1.82) is 0 Å². The summed E-state index contributed by atoms with van der Waals surface area (Å²) >= 11 is 0. The first-order valence-corrected chi connectivity index (χ1v) is 5.85. The van der Waals surface area contributed by atoms with Crippen molar-refractivity contribution in [2.24, 2.45) is 0 Å². The predicted molar refractivity (Wildman–Crippen MR) is 62.7 cm³/mol. The van der Waals surface area contributed by atoms with E-state index < -0.39 is 35.5 Å². The van der Waals surface area contributed by atoms with Crippen LogP contribution in [0.2, 0.25) is 0 Å². The number of nitrogens with zero attached hydrogens (tertiary/aromatic N) is 1. The molecule has 2 amide bonds. The highest BCUT2D eigenvalue weighted by molar-refractivity contribution is 5.92. The number of nitrogens with one attached hydrogen (secondary N) is 1. The average Bonchev–Trinajstić information content (AvgIpc) is 2.85. The SMILES string of the molecule is O=C(O)C1CCCN1C(=O)Nc1cc(F)c(F)c(F)c1. The van der Waals surface area contributed by atoms with Gasteiger partial charge in [0.05, 0.1) is 0 Å². The van der Waals surface area contributed by atoms with Crippen LogP contribution in [0.25, 0.3) is 0 Å². The first-order valence-electron chi connectivity index (χ1n) is 5.85. The Morgan fingerprint density at radius 1 is 1.25 bits per heavy atom. The highest BCUT2D eigenvalue weighted by Crippen LogP contribution is 2.21. The third-order valence-electron chi connectivity index (χ3n) is 3.03. The molecule has 0 aliphatic carbocycles. The van der Waals surface area contributed by atoms with E-state index in [9.17, 15) is 22.8 Å². The van der Waals surface area contributed by atoms with Crippen molar-refractivity contribution < 1.29 is 27.9 Å². The summed E-state index contributed by atoms with van der Waals surface area (Å²) in [5, 5.41) is 11.1. The molecule has 1 aromatic rings. The lowest BCUT2D eigenvalue weighted by atomic mass is 10.2. The fourth-order valence-electron chi connectivity index (χ4n) is 2.09. The Hall–Kier alpha value is -2.25. The molecular formula is C12H11F3N2O3. The molecule has 1 aliphatic heterocycles. The van der Waals surface area contributed by atoms with E-state index in [0.717, 1.165) is 4.90 Å². The summed E-state index contributed by atoms with van der Waals surface area (Å²) in [6.45, 7) is 0.231. The second-order valence-corrected chi connectivity index (χ2v) is 4.37. The number of hydrogen-bond donors (Lipinski definition) is 2. The standard InChI is InChI=1S/C12H11F3N2O3/c13-7-4-6(5-8(14)10(7)15)16-12(20)17-3-1-2-9(17)11(18)19/h4-5,9H,1-3H2,(H,16,20)(H,18,19). The normalized spacial score (nSPS) is 18.1. The molecular weight excluding hydrogens is 277 g/mol. The van der Waals surface area contributed by atoms with Gasteiger partial charge >= 0.3 is 12.0 Å². The largest absolute Gasteiger partial charge is 0.480 e. The van der Waals surface area contributed by atoms with Gasteiger partial charge in [-0.2, -0.15) is 0 Å². The van der Waals surface area contributed by atoms with Crippen molar-refractivity contribution in [1.82, 2.24) is 4.90 Å². The van der Waals surface area contributed by atoms with Gasteiger partial charge in [0.25, 0.3) is 0 Å². The zero-order valence-corrected chi connectivity index (χ0v) is 10.2. The summed E-state index contributed by atoms with van der Waals surface area (Å²) in [4.78, 5) is 23.8. The monoisotopic (exact) mass is 288 g/mol. The molecule has 1 unspecified atom stereocenters. The average molecular weight is 288 g/mol. The third kappa shape index (κ3) is 2.68. The van der Waals surface area contributed by atoms with Crippen LogP contribution >= 0.6 is 0 Å². The summed E-state index contributed by atoms with van der Waals surface area (Å²) in [6.07, 6.45) is 0.839. The predicted octanol–water partition coefficient (Wildman–Crippen LogP) is 2.18. The summed E-state index contributed by atoms with van der Waals surface area (Å²) in [5.74, 6) is -5.64. The maximum Gasteiger partial charge on any atom is 0.326 e. The van der Waals surface area contributed by atoms with E-state index in [4.69, 9.17) is 5.11 Å². The summed E-state index contributed by atoms with van der Waals surface area (Å²) < 4.78 is 38.8. The van der Waals surface area contributed by atoms with Gasteiger partial charge < -0.3 is 15.3 Å². The third-order valence-corrected chi connectivity index (χ3v) is 3.03.